The van der Waals surface area contributed by atoms with Crippen molar-refractivity contribution in [3.05, 3.63) is 131 Å². The molecule has 4 aromatic carbocycles. The molecule has 0 spiro atoms. The van der Waals surface area contributed by atoms with Crippen molar-refractivity contribution in [1.82, 2.24) is 0 Å². The van der Waals surface area contributed by atoms with Gasteiger partial charge in [0.05, 0.1) is 13.0 Å². The molecular formula is C30H28N2O2. The topological polar surface area (TPSA) is 49.4 Å². The van der Waals surface area contributed by atoms with Crippen molar-refractivity contribution in [3.8, 4) is 0 Å². The molecule has 34 heavy (non-hydrogen) atoms. The third-order valence-electron chi connectivity index (χ3n) is 5.72. The summed E-state index contributed by atoms with van der Waals surface area (Å²) in [6.07, 6.45) is 0.263. The van der Waals surface area contributed by atoms with E-state index in [1.807, 2.05) is 117 Å². The standard InChI is InChI=1S/C30H28N2O2/c1-22-9-8-13-26(19-22)31-29(33)20-24-15-17-27(18-16-24)32(21-25-11-4-3-5-12-25)30(34)28-14-7-6-10-23(28)2/h3-19H,20-21H2,1-2H3,(H,31,33). The summed E-state index contributed by atoms with van der Waals surface area (Å²) in [5, 5.41) is 2.94. The van der Waals surface area contributed by atoms with E-state index in [1.54, 1.807) is 4.90 Å². The van der Waals surface area contributed by atoms with Crippen molar-refractivity contribution in [2.45, 2.75) is 26.8 Å². The van der Waals surface area contributed by atoms with Gasteiger partial charge in [0.2, 0.25) is 5.91 Å². The molecule has 0 aromatic heterocycles. The second-order valence-electron chi connectivity index (χ2n) is 8.45. The molecule has 0 fully saturated rings. The summed E-state index contributed by atoms with van der Waals surface area (Å²) in [5.74, 6) is -0.123. The minimum absolute atomic E-state index is 0.0492. The third-order valence-corrected chi connectivity index (χ3v) is 5.72. The Balaban J connectivity index is 1.54. The first-order valence-electron chi connectivity index (χ1n) is 11.4. The molecule has 0 aliphatic carbocycles. The zero-order valence-electron chi connectivity index (χ0n) is 19.5. The average molecular weight is 449 g/mol. The van der Waals surface area contributed by atoms with Crippen LogP contribution in [-0.2, 0) is 17.8 Å². The predicted molar refractivity (Wildman–Crippen MR) is 138 cm³/mol. The van der Waals surface area contributed by atoms with E-state index in [2.05, 4.69) is 5.32 Å². The summed E-state index contributed by atoms with van der Waals surface area (Å²) in [4.78, 5) is 27.8. The lowest BCUT2D eigenvalue weighted by molar-refractivity contribution is -0.115. The van der Waals surface area contributed by atoms with Gasteiger partial charge in [-0.05, 0) is 66.4 Å². The monoisotopic (exact) mass is 448 g/mol. The molecule has 0 atom stereocenters. The summed E-state index contributed by atoms with van der Waals surface area (Å²) in [5.41, 5.74) is 6.23. The maximum absolute atomic E-state index is 13.5. The summed E-state index contributed by atoms with van der Waals surface area (Å²) < 4.78 is 0. The number of carbonyl (C=O) groups excluding carboxylic acids is 2. The zero-order valence-corrected chi connectivity index (χ0v) is 19.5. The minimum Gasteiger partial charge on any atom is -0.326 e. The van der Waals surface area contributed by atoms with Crippen molar-refractivity contribution in [3.63, 3.8) is 0 Å². The van der Waals surface area contributed by atoms with Crippen LogP contribution in [0.5, 0.6) is 0 Å². The summed E-state index contributed by atoms with van der Waals surface area (Å²) in [6.45, 7) is 4.40. The van der Waals surface area contributed by atoms with E-state index in [9.17, 15) is 9.59 Å². The van der Waals surface area contributed by atoms with Gasteiger partial charge in [-0.3, -0.25) is 9.59 Å². The Kier molecular flexibility index (Phi) is 7.19. The van der Waals surface area contributed by atoms with E-state index in [0.717, 1.165) is 33.6 Å². The van der Waals surface area contributed by atoms with E-state index in [1.165, 1.54) is 0 Å². The van der Waals surface area contributed by atoms with Gasteiger partial charge in [0.1, 0.15) is 0 Å². The van der Waals surface area contributed by atoms with Gasteiger partial charge in [-0.25, -0.2) is 0 Å². The van der Waals surface area contributed by atoms with E-state index >= 15 is 0 Å². The lowest BCUT2D eigenvalue weighted by atomic mass is 10.1. The maximum atomic E-state index is 13.5. The van der Waals surface area contributed by atoms with Crippen molar-refractivity contribution in [2.75, 3.05) is 10.2 Å². The number of hydrogen-bond donors (Lipinski definition) is 1. The van der Waals surface area contributed by atoms with Gasteiger partial charge in [-0.1, -0.05) is 72.8 Å². The van der Waals surface area contributed by atoms with Gasteiger partial charge in [0, 0.05) is 16.9 Å². The van der Waals surface area contributed by atoms with Crippen molar-refractivity contribution in [2.24, 2.45) is 0 Å². The molecule has 170 valence electrons. The van der Waals surface area contributed by atoms with Gasteiger partial charge in [-0.2, -0.15) is 0 Å². The highest BCUT2D eigenvalue weighted by Crippen LogP contribution is 2.23. The fourth-order valence-corrected chi connectivity index (χ4v) is 3.91. The normalized spacial score (nSPS) is 10.5. The number of nitrogens with zero attached hydrogens (tertiary/aromatic N) is 1. The Hall–Kier alpha value is -4.18. The molecule has 4 aromatic rings. The molecule has 4 heteroatoms. The maximum Gasteiger partial charge on any atom is 0.258 e. The van der Waals surface area contributed by atoms with Gasteiger partial charge < -0.3 is 10.2 Å². The van der Waals surface area contributed by atoms with Gasteiger partial charge in [-0.15, -0.1) is 0 Å². The molecule has 0 radical (unpaired) electrons. The Morgan fingerprint density at radius 2 is 1.44 bits per heavy atom. The number of aryl methyl sites for hydroxylation is 2. The molecule has 0 saturated heterocycles. The minimum atomic E-state index is -0.0736. The number of nitrogens with one attached hydrogen (secondary N) is 1. The lowest BCUT2D eigenvalue weighted by Crippen LogP contribution is -2.31. The molecular weight excluding hydrogens is 420 g/mol. The van der Waals surface area contributed by atoms with Gasteiger partial charge in [0.25, 0.3) is 5.91 Å². The average Bonchev–Trinajstić information content (AvgIpc) is 2.84. The molecule has 2 amide bonds. The lowest BCUT2D eigenvalue weighted by Gasteiger charge is -2.24. The van der Waals surface area contributed by atoms with Crippen molar-refractivity contribution >= 4 is 23.2 Å². The highest BCUT2D eigenvalue weighted by Gasteiger charge is 2.20. The van der Waals surface area contributed by atoms with E-state index in [0.29, 0.717) is 12.1 Å². The SMILES string of the molecule is Cc1cccc(NC(=O)Cc2ccc(N(Cc3ccccc3)C(=O)c3ccccc3C)cc2)c1. The number of hydrogen-bond acceptors (Lipinski definition) is 2. The Morgan fingerprint density at radius 1 is 0.735 bits per heavy atom. The Labute approximate surface area is 200 Å². The molecule has 4 nitrogen and oxygen atoms in total. The first-order valence-corrected chi connectivity index (χ1v) is 11.4. The van der Waals surface area contributed by atoms with Crippen LogP contribution in [0.25, 0.3) is 0 Å². The second kappa shape index (κ2) is 10.6. The highest BCUT2D eigenvalue weighted by atomic mass is 16.2. The molecule has 1 N–H and O–H groups in total. The van der Waals surface area contributed by atoms with Crippen LogP contribution in [0.15, 0.2) is 103 Å². The van der Waals surface area contributed by atoms with Crippen LogP contribution < -0.4 is 10.2 Å². The number of amides is 2. The highest BCUT2D eigenvalue weighted by molar-refractivity contribution is 6.07. The Bertz CT molecular complexity index is 1280. The van der Waals surface area contributed by atoms with Crippen LogP contribution in [0.3, 0.4) is 0 Å². The van der Waals surface area contributed by atoms with E-state index in [-0.39, 0.29) is 18.2 Å². The molecule has 0 saturated carbocycles. The molecule has 0 unspecified atom stereocenters. The van der Waals surface area contributed by atoms with Crippen LogP contribution >= 0.6 is 0 Å². The number of benzene rings is 4. The van der Waals surface area contributed by atoms with Crippen molar-refractivity contribution < 1.29 is 9.59 Å². The largest absolute Gasteiger partial charge is 0.326 e. The fraction of sp³-hybridized carbons (Fsp3) is 0.133. The molecule has 0 bridgehead atoms. The van der Waals surface area contributed by atoms with Gasteiger partial charge >= 0.3 is 0 Å². The van der Waals surface area contributed by atoms with Crippen LogP contribution in [0.1, 0.15) is 32.6 Å². The van der Waals surface area contributed by atoms with Crippen molar-refractivity contribution in [1.29, 1.82) is 0 Å². The van der Waals surface area contributed by atoms with Gasteiger partial charge in [0.15, 0.2) is 0 Å². The van der Waals surface area contributed by atoms with Crippen LogP contribution in [0.2, 0.25) is 0 Å². The first kappa shape index (κ1) is 23.0. The molecule has 0 aliphatic rings. The summed E-state index contributed by atoms with van der Waals surface area (Å²) >= 11 is 0. The van der Waals surface area contributed by atoms with E-state index < -0.39 is 0 Å². The van der Waals surface area contributed by atoms with Crippen LogP contribution in [-0.4, -0.2) is 11.8 Å². The van der Waals surface area contributed by atoms with Crippen LogP contribution in [0, 0.1) is 13.8 Å². The molecule has 4 rings (SSSR count). The first-order chi connectivity index (χ1) is 16.5. The number of anilines is 2. The summed E-state index contributed by atoms with van der Waals surface area (Å²) in [6, 6.07) is 33.0. The van der Waals surface area contributed by atoms with E-state index in [4.69, 9.17) is 0 Å². The smallest absolute Gasteiger partial charge is 0.258 e. The Morgan fingerprint density at radius 3 is 2.15 bits per heavy atom. The van der Waals surface area contributed by atoms with Crippen LogP contribution in [0.4, 0.5) is 11.4 Å². The fourth-order valence-electron chi connectivity index (χ4n) is 3.91. The second-order valence-corrected chi connectivity index (χ2v) is 8.45. The molecule has 0 heterocycles. The zero-order chi connectivity index (χ0) is 23.9. The number of rotatable bonds is 7. The quantitative estimate of drug-likeness (QED) is 0.359. The molecule has 0 aliphatic heterocycles. The number of carbonyl (C=O) groups is 2. The predicted octanol–water partition coefficient (Wildman–Crippen LogP) is 6.33. The summed E-state index contributed by atoms with van der Waals surface area (Å²) in [7, 11) is 0. The third kappa shape index (κ3) is 5.78.